The van der Waals surface area contributed by atoms with Crippen LogP contribution in [0.3, 0.4) is 0 Å². The summed E-state index contributed by atoms with van der Waals surface area (Å²) in [6.45, 7) is 0. The SMILES string of the molecule is COc1cccc(-c2ccc(C#N)c(N)c2)c1F. The molecule has 0 unspecified atom stereocenters. The smallest absolute Gasteiger partial charge is 0.172 e. The summed E-state index contributed by atoms with van der Waals surface area (Å²) >= 11 is 0. The van der Waals surface area contributed by atoms with E-state index in [0.717, 1.165) is 0 Å². The van der Waals surface area contributed by atoms with Crippen LogP contribution in [0.2, 0.25) is 0 Å². The molecule has 0 atom stereocenters. The van der Waals surface area contributed by atoms with Crippen LogP contribution in [-0.2, 0) is 0 Å². The van der Waals surface area contributed by atoms with E-state index in [-0.39, 0.29) is 5.75 Å². The maximum Gasteiger partial charge on any atom is 0.172 e. The lowest BCUT2D eigenvalue weighted by Crippen LogP contribution is -1.94. The third-order valence-electron chi connectivity index (χ3n) is 2.67. The molecule has 0 bridgehead atoms. The van der Waals surface area contributed by atoms with E-state index in [1.165, 1.54) is 7.11 Å². The van der Waals surface area contributed by atoms with E-state index in [2.05, 4.69) is 0 Å². The number of ether oxygens (including phenoxy) is 1. The van der Waals surface area contributed by atoms with Gasteiger partial charge in [0.05, 0.1) is 18.4 Å². The number of anilines is 1. The molecular formula is C14H11FN2O. The number of nitrogen functional groups attached to an aromatic ring is 1. The van der Waals surface area contributed by atoms with Crippen molar-refractivity contribution < 1.29 is 9.13 Å². The van der Waals surface area contributed by atoms with Crippen LogP contribution >= 0.6 is 0 Å². The molecule has 2 N–H and O–H groups in total. The van der Waals surface area contributed by atoms with Gasteiger partial charge in [0.1, 0.15) is 6.07 Å². The fraction of sp³-hybridized carbons (Fsp3) is 0.0714. The van der Waals surface area contributed by atoms with Gasteiger partial charge in [-0.2, -0.15) is 5.26 Å². The van der Waals surface area contributed by atoms with Crippen molar-refractivity contribution >= 4 is 5.69 Å². The third-order valence-corrected chi connectivity index (χ3v) is 2.67. The number of halogens is 1. The summed E-state index contributed by atoms with van der Waals surface area (Å²) in [5.41, 5.74) is 7.43. The number of methoxy groups -OCH3 is 1. The topological polar surface area (TPSA) is 59.0 Å². The van der Waals surface area contributed by atoms with Crippen LogP contribution in [0, 0.1) is 17.1 Å². The molecule has 18 heavy (non-hydrogen) atoms. The van der Waals surface area contributed by atoms with Gasteiger partial charge in [-0.15, -0.1) is 0 Å². The molecule has 0 aliphatic heterocycles. The Bertz CT molecular complexity index is 632. The summed E-state index contributed by atoms with van der Waals surface area (Å²) in [4.78, 5) is 0. The Kier molecular flexibility index (Phi) is 3.16. The van der Waals surface area contributed by atoms with Crippen LogP contribution < -0.4 is 10.5 Å². The number of nitrogens with zero attached hydrogens (tertiary/aromatic N) is 1. The van der Waals surface area contributed by atoms with E-state index in [1.807, 2.05) is 6.07 Å². The third kappa shape index (κ3) is 1.98. The summed E-state index contributed by atoms with van der Waals surface area (Å²) in [5.74, 6) is -0.264. The van der Waals surface area contributed by atoms with Crippen molar-refractivity contribution in [1.82, 2.24) is 0 Å². The summed E-state index contributed by atoms with van der Waals surface area (Å²) in [6.07, 6.45) is 0. The largest absolute Gasteiger partial charge is 0.494 e. The van der Waals surface area contributed by atoms with Gasteiger partial charge in [0.15, 0.2) is 11.6 Å². The Morgan fingerprint density at radius 1 is 1.28 bits per heavy atom. The first-order chi connectivity index (χ1) is 8.67. The molecule has 0 fully saturated rings. The van der Waals surface area contributed by atoms with Gasteiger partial charge >= 0.3 is 0 Å². The minimum absolute atomic E-state index is 0.176. The molecule has 3 nitrogen and oxygen atoms in total. The summed E-state index contributed by atoms with van der Waals surface area (Å²) < 4.78 is 19.0. The van der Waals surface area contributed by atoms with Gasteiger partial charge in [0, 0.05) is 5.56 Å². The zero-order valence-corrected chi connectivity index (χ0v) is 9.77. The second-order valence-electron chi connectivity index (χ2n) is 3.74. The molecule has 0 saturated carbocycles. The van der Waals surface area contributed by atoms with E-state index >= 15 is 0 Å². The van der Waals surface area contributed by atoms with Crippen LogP contribution in [0.5, 0.6) is 5.75 Å². The molecular weight excluding hydrogens is 231 g/mol. The Hall–Kier alpha value is -2.54. The first-order valence-electron chi connectivity index (χ1n) is 5.30. The first-order valence-corrected chi connectivity index (χ1v) is 5.30. The van der Waals surface area contributed by atoms with Gasteiger partial charge in [-0.1, -0.05) is 18.2 Å². The first kappa shape index (κ1) is 11.9. The van der Waals surface area contributed by atoms with Gasteiger partial charge in [-0.3, -0.25) is 0 Å². The Labute approximate surface area is 104 Å². The van der Waals surface area contributed by atoms with Gasteiger partial charge < -0.3 is 10.5 Å². The molecule has 2 aromatic rings. The standard InChI is InChI=1S/C14H11FN2O/c1-18-13-4-2-3-11(14(13)15)9-5-6-10(8-16)12(17)7-9/h2-7H,17H2,1H3. The fourth-order valence-electron chi connectivity index (χ4n) is 1.72. The van der Waals surface area contributed by atoms with Crippen molar-refractivity contribution in [3.8, 4) is 22.9 Å². The Morgan fingerprint density at radius 3 is 2.67 bits per heavy atom. The molecule has 0 aliphatic carbocycles. The molecule has 0 aromatic heterocycles. The van der Waals surface area contributed by atoms with Crippen molar-refractivity contribution in [3.05, 3.63) is 47.8 Å². The quantitative estimate of drug-likeness (QED) is 0.823. The number of nitriles is 1. The number of hydrogen-bond acceptors (Lipinski definition) is 3. The average molecular weight is 242 g/mol. The van der Waals surface area contributed by atoms with Crippen LogP contribution in [-0.4, -0.2) is 7.11 Å². The van der Waals surface area contributed by atoms with Crippen molar-refractivity contribution in [2.75, 3.05) is 12.8 Å². The number of rotatable bonds is 2. The minimum atomic E-state index is -0.441. The van der Waals surface area contributed by atoms with Gasteiger partial charge in [0.2, 0.25) is 0 Å². The molecule has 90 valence electrons. The number of benzene rings is 2. The van der Waals surface area contributed by atoms with Crippen molar-refractivity contribution in [2.24, 2.45) is 0 Å². The second kappa shape index (κ2) is 4.76. The fourth-order valence-corrected chi connectivity index (χ4v) is 1.72. The molecule has 2 aromatic carbocycles. The highest BCUT2D eigenvalue weighted by Crippen LogP contribution is 2.30. The summed E-state index contributed by atoms with van der Waals surface area (Å²) in [5, 5.41) is 8.79. The predicted molar refractivity (Wildman–Crippen MR) is 67.5 cm³/mol. The zero-order valence-electron chi connectivity index (χ0n) is 9.77. The summed E-state index contributed by atoms with van der Waals surface area (Å²) in [6, 6.07) is 11.7. The maximum atomic E-state index is 14.0. The molecule has 4 heteroatoms. The lowest BCUT2D eigenvalue weighted by molar-refractivity contribution is 0.387. The Morgan fingerprint density at radius 2 is 2.06 bits per heavy atom. The monoisotopic (exact) mass is 242 g/mol. The van der Waals surface area contributed by atoms with Crippen molar-refractivity contribution in [3.63, 3.8) is 0 Å². The molecule has 0 spiro atoms. The van der Waals surface area contributed by atoms with Crippen LogP contribution in [0.1, 0.15) is 5.56 Å². The minimum Gasteiger partial charge on any atom is -0.494 e. The lowest BCUT2D eigenvalue weighted by atomic mass is 10.0. The van der Waals surface area contributed by atoms with Gasteiger partial charge in [-0.05, 0) is 23.8 Å². The van der Waals surface area contributed by atoms with E-state index < -0.39 is 5.82 Å². The number of hydrogen-bond donors (Lipinski definition) is 1. The van der Waals surface area contributed by atoms with Crippen molar-refractivity contribution in [2.45, 2.75) is 0 Å². The summed E-state index contributed by atoms with van der Waals surface area (Å²) in [7, 11) is 1.41. The van der Waals surface area contributed by atoms with Gasteiger partial charge in [-0.25, -0.2) is 4.39 Å². The highest BCUT2D eigenvalue weighted by molar-refractivity contribution is 5.72. The van der Waals surface area contributed by atoms with Crippen LogP contribution in [0.25, 0.3) is 11.1 Å². The molecule has 0 amide bonds. The maximum absolute atomic E-state index is 14.0. The van der Waals surface area contributed by atoms with E-state index in [4.69, 9.17) is 15.7 Å². The molecule has 2 rings (SSSR count). The zero-order chi connectivity index (χ0) is 13.1. The van der Waals surface area contributed by atoms with E-state index in [9.17, 15) is 4.39 Å². The van der Waals surface area contributed by atoms with E-state index in [1.54, 1.807) is 36.4 Å². The Balaban J connectivity index is 2.56. The van der Waals surface area contributed by atoms with Gasteiger partial charge in [0.25, 0.3) is 0 Å². The molecule has 0 aliphatic rings. The van der Waals surface area contributed by atoms with Crippen LogP contribution in [0.4, 0.5) is 10.1 Å². The normalized spacial score (nSPS) is 9.83. The number of nitrogens with two attached hydrogens (primary N) is 1. The molecule has 0 radical (unpaired) electrons. The molecule has 0 saturated heterocycles. The van der Waals surface area contributed by atoms with E-state index in [0.29, 0.717) is 22.4 Å². The molecule has 0 heterocycles. The lowest BCUT2D eigenvalue weighted by Gasteiger charge is -2.08. The predicted octanol–water partition coefficient (Wildman–Crippen LogP) is 2.96. The highest BCUT2D eigenvalue weighted by Gasteiger charge is 2.11. The van der Waals surface area contributed by atoms with Crippen molar-refractivity contribution in [1.29, 1.82) is 5.26 Å². The van der Waals surface area contributed by atoms with Crippen LogP contribution in [0.15, 0.2) is 36.4 Å². The average Bonchev–Trinajstić information content (AvgIpc) is 2.39. The second-order valence-corrected chi connectivity index (χ2v) is 3.74. The highest BCUT2D eigenvalue weighted by atomic mass is 19.1.